The van der Waals surface area contributed by atoms with Gasteiger partial charge in [-0.05, 0) is 24.3 Å². The van der Waals surface area contributed by atoms with Gasteiger partial charge in [0.2, 0.25) is 0 Å². The predicted molar refractivity (Wildman–Crippen MR) is 61.8 cm³/mol. The predicted octanol–water partition coefficient (Wildman–Crippen LogP) is 4.59. The van der Waals surface area contributed by atoms with Crippen molar-refractivity contribution in [3.05, 3.63) is 58.6 Å². The SMILES string of the molecule is Clc1cc[c]c(Oc2ccccc2)c1Cl. The minimum atomic E-state index is 0.378. The topological polar surface area (TPSA) is 9.23 Å². The van der Waals surface area contributed by atoms with Gasteiger partial charge >= 0.3 is 0 Å². The van der Waals surface area contributed by atoms with E-state index in [4.69, 9.17) is 27.9 Å². The van der Waals surface area contributed by atoms with Gasteiger partial charge in [-0.3, -0.25) is 0 Å². The molecule has 0 bridgehead atoms. The lowest BCUT2D eigenvalue weighted by molar-refractivity contribution is 0.482. The zero-order valence-electron chi connectivity index (χ0n) is 7.71. The Morgan fingerprint density at radius 1 is 1.00 bits per heavy atom. The lowest BCUT2D eigenvalue weighted by Gasteiger charge is -2.07. The summed E-state index contributed by atoms with van der Waals surface area (Å²) in [7, 11) is 0. The molecule has 0 aliphatic heterocycles. The van der Waals surface area contributed by atoms with E-state index in [-0.39, 0.29) is 0 Å². The number of hydrogen-bond acceptors (Lipinski definition) is 1. The first-order valence-electron chi connectivity index (χ1n) is 4.36. The van der Waals surface area contributed by atoms with Crippen molar-refractivity contribution in [3.63, 3.8) is 0 Å². The van der Waals surface area contributed by atoms with Crippen molar-refractivity contribution in [3.8, 4) is 11.5 Å². The molecule has 75 valence electrons. The third-order valence-electron chi connectivity index (χ3n) is 1.82. The van der Waals surface area contributed by atoms with Gasteiger partial charge in [0.25, 0.3) is 0 Å². The van der Waals surface area contributed by atoms with Gasteiger partial charge in [0.05, 0.1) is 5.02 Å². The maximum absolute atomic E-state index is 5.95. The van der Waals surface area contributed by atoms with Crippen molar-refractivity contribution in [2.45, 2.75) is 0 Å². The van der Waals surface area contributed by atoms with Crippen LogP contribution in [0.1, 0.15) is 0 Å². The van der Waals surface area contributed by atoms with Crippen molar-refractivity contribution < 1.29 is 4.74 Å². The molecule has 0 spiro atoms. The van der Waals surface area contributed by atoms with E-state index in [2.05, 4.69) is 6.07 Å². The summed E-state index contributed by atoms with van der Waals surface area (Å²) in [6, 6.07) is 15.6. The molecule has 1 nitrogen and oxygen atoms in total. The van der Waals surface area contributed by atoms with E-state index < -0.39 is 0 Å². The summed E-state index contributed by atoms with van der Waals surface area (Å²) in [5.41, 5.74) is 0. The molecule has 2 aromatic rings. The first kappa shape index (κ1) is 10.3. The molecule has 0 aromatic heterocycles. The van der Waals surface area contributed by atoms with Gasteiger partial charge in [0.1, 0.15) is 10.8 Å². The normalized spacial score (nSPS) is 10.0. The maximum atomic E-state index is 5.95. The van der Waals surface area contributed by atoms with Crippen LogP contribution in [0.2, 0.25) is 10.0 Å². The number of halogens is 2. The quantitative estimate of drug-likeness (QED) is 0.743. The van der Waals surface area contributed by atoms with Crippen LogP contribution in [-0.2, 0) is 0 Å². The summed E-state index contributed by atoms with van der Waals surface area (Å²) in [5, 5.41) is 0.837. The van der Waals surface area contributed by atoms with Gasteiger partial charge in [-0.1, -0.05) is 41.4 Å². The standard InChI is InChI=1S/C12H7Cl2O/c13-10-7-4-8-11(12(10)14)15-9-5-2-1-3-6-9/h1-7H. The van der Waals surface area contributed by atoms with Gasteiger partial charge in [0.15, 0.2) is 5.75 Å². The highest BCUT2D eigenvalue weighted by Crippen LogP contribution is 2.33. The Labute approximate surface area is 98.2 Å². The lowest BCUT2D eigenvalue weighted by Crippen LogP contribution is -1.85. The molecule has 1 radical (unpaired) electrons. The van der Waals surface area contributed by atoms with Gasteiger partial charge in [-0.15, -0.1) is 0 Å². The molecular formula is C12H7Cl2O. The number of hydrogen-bond donors (Lipinski definition) is 0. The summed E-state index contributed by atoms with van der Waals surface area (Å²) in [6.07, 6.45) is 0. The third-order valence-corrected chi connectivity index (χ3v) is 2.60. The van der Waals surface area contributed by atoms with Crippen LogP contribution in [0.25, 0.3) is 0 Å². The van der Waals surface area contributed by atoms with E-state index in [1.165, 1.54) is 0 Å². The van der Waals surface area contributed by atoms with Gasteiger partial charge < -0.3 is 4.74 Å². The van der Waals surface area contributed by atoms with Crippen molar-refractivity contribution in [1.82, 2.24) is 0 Å². The Morgan fingerprint density at radius 3 is 2.47 bits per heavy atom. The van der Waals surface area contributed by atoms with Crippen LogP contribution >= 0.6 is 23.2 Å². The maximum Gasteiger partial charge on any atom is 0.155 e. The second-order valence-corrected chi connectivity index (χ2v) is 3.67. The Balaban J connectivity index is 2.29. The smallest absolute Gasteiger partial charge is 0.155 e. The minimum absolute atomic E-state index is 0.378. The van der Waals surface area contributed by atoms with Gasteiger partial charge in [0, 0.05) is 6.07 Å². The van der Waals surface area contributed by atoms with Crippen LogP contribution in [0, 0.1) is 6.07 Å². The van der Waals surface area contributed by atoms with E-state index in [1.54, 1.807) is 12.1 Å². The van der Waals surface area contributed by atoms with E-state index in [0.29, 0.717) is 21.5 Å². The fraction of sp³-hybridized carbons (Fsp3) is 0. The van der Waals surface area contributed by atoms with Gasteiger partial charge in [-0.2, -0.15) is 0 Å². The van der Waals surface area contributed by atoms with Crippen molar-refractivity contribution in [2.75, 3.05) is 0 Å². The van der Waals surface area contributed by atoms with E-state index in [1.807, 2.05) is 30.3 Å². The highest BCUT2D eigenvalue weighted by Gasteiger charge is 2.06. The zero-order chi connectivity index (χ0) is 10.7. The van der Waals surface area contributed by atoms with Crippen molar-refractivity contribution in [2.24, 2.45) is 0 Å². The highest BCUT2D eigenvalue weighted by atomic mass is 35.5. The highest BCUT2D eigenvalue weighted by molar-refractivity contribution is 6.42. The molecule has 3 heteroatoms. The molecule has 0 saturated heterocycles. The molecule has 0 unspecified atom stereocenters. The monoisotopic (exact) mass is 237 g/mol. The molecule has 2 rings (SSSR count). The summed E-state index contributed by atoms with van der Waals surface area (Å²) in [5.74, 6) is 1.15. The molecule has 0 aliphatic carbocycles. The van der Waals surface area contributed by atoms with E-state index >= 15 is 0 Å². The summed E-state index contributed by atoms with van der Waals surface area (Å²) in [6.45, 7) is 0. The average Bonchev–Trinajstić information content (AvgIpc) is 2.26. The number of rotatable bonds is 2. The second-order valence-electron chi connectivity index (χ2n) is 2.88. The Hall–Kier alpha value is -1.18. The van der Waals surface area contributed by atoms with Gasteiger partial charge in [-0.25, -0.2) is 0 Å². The van der Waals surface area contributed by atoms with Crippen molar-refractivity contribution in [1.29, 1.82) is 0 Å². The van der Waals surface area contributed by atoms with Crippen LogP contribution in [0.15, 0.2) is 42.5 Å². The Kier molecular flexibility index (Phi) is 3.14. The van der Waals surface area contributed by atoms with Crippen LogP contribution in [0.4, 0.5) is 0 Å². The molecule has 0 aliphatic rings. The molecule has 0 saturated carbocycles. The number of para-hydroxylation sites is 1. The largest absolute Gasteiger partial charge is 0.455 e. The average molecular weight is 238 g/mol. The molecule has 2 aromatic carbocycles. The lowest BCUT2D eigenvalue weighted by atomic mass is 10.3. The Morgan fingerprint density at radius 2 is 1.73 bits per heavy atom. The fourth-order valence-corrected chi connectivity index (χ4v) is 1.42. The molecule has 0 fully saturated rings. The van der Waals surface area contributed by atoms with Crippen LogP contribution in [0.3, 0.4) is 0 Å². The first-order valence-corrected chi connectivity index (χ1v) is 5.11. The fourth-order valence-electron chi connectivity index (χ4n) is 1.12. The first-order chi connectivity index (χ1) is 7.27. The van der Waals surface area contributed by atoms with Crippen LogP contribution in [0.5, 0.6) is 11.5 Å². The second kappa shape index (κ2) is 4.56. The van der Waals surface area contributed by atoms with Crippen LogP contribution in [-0.4, -0.2) is 0 Å². The van der Waals surface area contributed by atoms with E-state index in [9.17, 15) is 0 Å². The van der Waals surface area contributed by atoms with E-state index in [0.717, 1.165) is 0 Å². The van der Waals surface area contributed by atoms with Crippen LogP contribution < -0.4 is 4.74 Å². The molecular weight excluding hydrogens is 231 g/mol. The summed E-state index contributed by atoms with van der Waals surface area (Å²) < 4.78 is 5.52. The number of ether oxygens (including phenoxy) is 1. The third kappa shape index (κ3) is 2.44. The molecule has 15 heavy (non-hydrogen) atoms. The minimum Gasteiger partial charge on any atom is -0.455 e. The summed E-state index contributed by atoms with van der Waals surface area (Å²) in [4.78, 5) is 0. The molecule has 0 atom stereocenters. The molecule has 0 heterocycles. The zero-order valence-corrected chi connectivity index (χ0v) is 9.22. The number of benzene rings is 2. The molecule has 0 N–H and O–H groups in total. The summed E-state index contributed by atoms with van der Waals surface area (Å²) >= 11 is 11.8. The Bertz CT molecular complexity index is 454. The van der Waals surface area contributed by atoms with Crippen molar-refractivity contribution >= 4 is 23.2 Å². The molecule has 0 amide bonds.